The van der Waals surface area contributed by atoms with Gasteiger partial charge in [0.15, 0.2) is 0 Å². The average molecular weight is 791 g/mol. The number of furan rings is 1. The van der Waals surface area contributed by atoms with Gasteiger partial charge >= 0.3 is 0 Å². The van der Waals surface area contributed by atoms with Gasteiger partial charge in [0, 0.05) is 51.9 Å². The van der Waals surface area contributed by atoms with Crippen molar-refractivity contribution in [1.82, 2.24) is 4.98 Å². The van der Waals surface area contributed by atoms with E-state index in [0.29, 0.717) is 0 Å². The maximum atomic E-state index is 6.69. The van der Waals surface area contributed by atoms with Crippen LogP contribution in [0.25, 0.3) is 99.4 Å². The number of para-hydroxylation sites is 1. The summed E-state index contributed by atoms with van der Waals surface area (Å²) in [4.78, 5) is 6.72. The number of hydrogen-bond donors (Lipinski definition) is 0. The summed E-state index contributed by atoms with van der Waals surface area (Å²) in [5.74, 6) is 0. The van der Waals surface area contributed by atoms with E-state index >= 15 is 0 Å². The lowest BCUT2D eigenvalue weighted by atomic mass is 9.85. The van der Waals surface area contributed by atoms with Crippen molar-refractivity contribution < 1.29 is 4.42 Å². The smallest absolute Gasteiger partial charge is 0.137 e. The van der Waals surface area contributed by atoms with Gasteiger partial charge in [0.05, 0.1) is 0 Å². The number of pyridine rings is 1. The van der Waals surface area contributed by atoms with Crippen molar-refractivity contribution in [3.05, 3.63) is 230 Å². The van der Waals surface area contributed by atoms with Crippen LogP contribution in [0.1, 0.15) is 11.1 Å². The fourth-order valence-electron chi connectivity index (χ4n) is 9.47. The monoisotopic (exact) mass is 790 g/mol. The fourth-order valence-corrected chi connectivity index (χ4v) is 9.47. The SMILES string of the molecule is C(=Cc1c2ccccc2c(-c2ccc(-c3cccnc3)c3ccccc23)c2ccccc12)c1ccc2c(c1)oc1cc(N(c3ccccc3)c3ccc4ccccc4c3)ccc12. The third-order valence-electron chi connectivity index (χ3n) is 12.3. The van der Waals surface area contributed by atoms with E-state index in [1.165, 1.54) is 65.3 Å². The van der Waals surface area contributed by atoms with Crippen molar-refractivity contribution in [3.63, 3.8) is 0 Å². The summed E-state index contributed by atoms with van der Waals surface area (Å²) in [6.07, 6.45) is 8.28. The molecular formula is C59H38N2O. The summed E-state index contributed by atoms with van der Waals surface area (Å²) in [6.45, 7) is 0. The summed E-state index contributed by atoms with van der Waals surface area (Å²) in [7, 11) is 0. The van der Waals surface area contributed by atoms with Crippen LogP contribution in [0.3, 0.4) is 0 Å². The number of hydrogen-bond acceptors (Lipinski definition) is 3. The Bertz CT molecular complexity index is 3640. The summed E-state index contributed by atoms with van der Waals surface area (Å²) < 4.78 is 6.69. The predicted molar refractivity (Wildman–Crippen MR) is 262 cm³/mol. The summed E-state index contributed by atoms with van der Waals surface area (Å²) in [6, 6.07) is 73.9. The summed E-state index contributed by atoms with van der Waals surface area (Å²) in [5.41, 5.74) is 12.0. The van der Waals surface area contributed by atoms with Crippen LogP contribution in [-0.4, -0.2) is 4.98 Å². The molecule has 0 N–H and O–H groups in total. The Morgan fingerprint density at radius 1 is 0.387 bits per heavy atom. The molecule has 62 heavy (non-hydrogen) atoms. The molecule has 10 aromatic carbocycles. The molecule has 0 saturated heterocycles. The molecule has 2 aromatic heterocycles. The Labute approximate surface area is 359 Å². The first-order valence-corrected chi connectivity index (χ1v) is 21.1. The van der Waals surface area contributed by atoms with E-state index in [1.54, 1.807) is 0 Å². The Morgan fingerprint density at radius 2 is 0.984 bits per heavy atom. The summed E-state index contributed by atoms with van der Waals surface area (Å²) in [5, 5.41) is 11.9. The van der Waals surface area contributed by atoms with E-state index in [2.05, 4.69) is 222 Å². The van der Waals surface area contributed by atoms with E-state index in [9.17, 15) is 0 Å². The number of benzene rings is 10. The van der Waals surface area contributed by atoms with Crippen LogP contribution in [0, 0.1) is 0 Å². The van der Waals surface area contributed by atoms with Crippen molar-refractivity contribution in [2.24, 2.45) is 0 Å². The second-order valence-electron chi connectivity index (χ2n) is 15.9. The standard InChI is InChI=1S/C59H38N2O/c1-2-16-43(17-3-1)61(44-27-26-40-13-4-5-14-41(40)36-44)45-28-31-53-52-30-25-39(35-57(52)62-58(53)37-45)24-29-51-49-20-8-10-22-54(49)59(55-23-11-9-21-50(51)55)56-33-32-46(42-15-12-34-60-38-42)47-18-6-7-19-48(47)56/h1-38H. The first kappa shape index (κ1) is 35.7. The highest BCUT2D eigenvalue weighted by Gasteiger charge is 2.19. The van der Waals surface area contributed by atoms with E-state index < -0.39 is 0 Å². The van der Waals surface area contributed by atoms with E-state index in [4.69, 9.17) is 4.42 Å². The van der Waals surface area contributed by atoms with Gasteiger partial charge in [-0.25, -0.2) is 0 Å². The number of fused-ring (bicyclic) bond motifs is 7. The normalized spacial score (nSPS) is 11.8. The molecule has 0 radical (unpaired) electrons. The lowest BCUT2D eigenvalue weighted by molar-refractivity contribution is 0.669. The van der Waals surface area contributed by atoms with Crippen molar-refractivity contribution in [3.8, 4) is 22.3 Å². The minimum absolute atomic E-state index is 0.855. The molecule has 0 amide bonds. The zero-order valence-electron chi connectivity index (χ0n) is 33.7. The molecule has 12 aromatic rings. The van der Waals surface area contributed by atoms with Crippen LogP contribution in [-0.2, 0) is 0 Å². The molecule has 0 fully saturated rings. The van der Waals surface area contributed by atoms with Crippen LogP contribution >= 0.6 is 0 Å². The molecule has 0 unspecified atom stereocenters. The maximum absolute atomic E-state index is 6.69. The lowest BCUT2D eigenvalue weighted by Crippen LogP contribution is -2.09. The van der Waals surface area contributed by atoms with Gasteiger partial charge in [0.2, 0.25) is 0 Å². The van der Waals surface area contributed by atoms with Crippen LogP contribution < -0.4 is 4.90 Å². The molecule has 0 bridgehead atoms. The molecule has 0 spiro atoms. The van der Waals surface area contributed by atoms with Crippen LogP contribution in [0.5, 0.6) is 0 Å². The molecule has 12 rings (SSSR count). The highest BCUT2D eigenvalue weighted by molar-refractivity contribution is 6.21. The van der Waals surface area contributed by atoms with E-state index in [0.717, 1.165) is 50.1 Å². The largest absolute Gasteiger partial charge is 0.456 e. The van der Waals surface area contributed by atoms with Crippen molar-refractivity contribution in [1.29, 1.82) is 0 Å². The van der Waals surface area contributed by atoms with Crippen LogP contribution in [0.15, 0.2) is 223 Å². The maximum Gasteiger partial charge on any atom is 0.137 e. The van der Waals surface area contributed by atoms with Crippen molar-refractivity contribution in [2.75, 3.05) is 4.90 Å². The van der Waals surface area contributed by atoms with Gasteiger partial charge in [-0.1, -0.05) is 158 Å². The molecule has 0 atom stereocenters. The Morgan fingerprint density at radius 3 is 1.73 bits per heavy atom. The molecule has 0 aliphatic carbocycles. The van der Waals surface area contributed by atoms with Gasteiger partial charge in [-0.2, -0.15) is 0 Å². The Hall–Kier alpha value is -8.27. The van der Waals surface area contributed by atoms with E-state index in [1.807, 2.05) is 18.5 Å². The Balaban J connectivity index is 0.951. The first-order chi connectivity index (χ1) is 30.7. The van der Waals surface area contributed by atoms with Crippen LogP contribution in [0.2, 0.25) is 0 Å². The summed E-state index contributed by atoms with van der Waals surface area (Å²) >= 11 is 0. The molecule has 0 aliphatic rings. The minimum atomic E-state index is 0.855. The second-order valence-corrected chi connectivity index (χ2v) is 15.9. The minimum Gasteiger partial charge on any atom is -0.456 e. The number of rotatable bonds is 7. The fraction of sp³-hybridized carbons (Fsp3) is 0. The number of anilines is 3. The molecule has 3 nitrogen and oxygen atoms in total. The highest BCUT2D eigenvalue weighted by atomic mass is 16.3. The average Bonchev–Trinajstić information content (AvgIpc) is 3.70. The Kier molecular flexibility index (Phi) is 8.50. The zero-order chi connectivity index (χ0) is 41.0. The van der Waals surface area contributed by atoms with Gasteiger partial charge < -0.3 is 9.32 Å². The quantitative estimate of drug-likeness (QED) is 0.119. The van der Waals surface area contributed by atoms with Gasteiger partial charge in [0.25, 0.3) is 0 Å². The zero-order valence-corrected chi connectivity index (χ0v) is 33.7. The lowest BCUT2D eigenvalue weighted by Gasteiger charge is -2.25. The van der Waals surface area contributed by atoms with Crippen LogP contribution in [0.4, 0.5) is 17.1 Å². The van der Waals surface area contributed by atoms with Crippen molar-refractivity contribution >= 4 is 94.2 Å². The highest BCUT2D eigenvalue weighted by Crippen LogP contribution is 2.45. The van der Waals surface area contributed by atoms with Gasteiger partial charge in [0.1, 0.15) is 11.2 Å². The van der Waals surface area contributed by atoms with E-state index in [-0.39, 0.29) is 0 Å². The molecule has 0 aliphatic heterocycles. The third kappa shape index (κ3) is 6.02. The second kappa shape index (κ2) is 14.8. The van der Waals surface area contributed by atoms with Crippen molar-refractivity contribution in [2.45, 2.75) is 0 Å². The van der Waals surface area contributed by atoms with Gasteiger partial charge in [-0.05, 0) is 126 Å². The molecule has 0 saturated carbocycles. The predicted octanol–water partition coefficient (Wildman–Crippen LogP) is 16.6. The van der Waals surface area contributed by atoms with Gasteiger partial charge in [-0.3, -0.25) is 4.98 Å². The topological polar surface area (TPSA) is 29.3 Å². The number of nitrogens with zero attached hydrogens (tertiary/aromatic N) is 2. The first-order valence-electron chi connectivity index (χ1n) is 21.1. The van der Waals surface area contributed by atoms with Gasteiger partial charge in [-0.15, -0.1) is 0 Å². The number of aromatic nitrogens is 1. The molecular weight excluding hydrogens is 753 g/mol. The molecule has 2 heterocycles. The third-order valence-corrected chi connectivity index (χ3v) is 12.3. The molecule has 3 heteroatoms. The molecule has 290 valence electrons.